The van der Waals surface area contributed by atoms with Crippen molar-refractivity contribution in [3.05, 3.63) is 29.8 Å². The van der Waals surface area contributed by atoms with Crippen LogP contribution in [0, 0.1) is 5.92 Å². The Morgan fingerprint density at radius 1 is 1.28 bits per heavy atom. The Balaban J connectivity index is 2.21. The molecule has 1 saturated heterocycles. The van der Waals surface area contributed by atoms with Gasteiger partial charge in [-0.25, -0.2) is 13.1 Å². The average Bonchev–Trinajstić information content (AvgIpc) is 2.53. The monoisotopic (exact) mass is 378 g/mol. The van der Waals surface area contributed by atoms with Gasteiger partial charge in [0, 0.05) is 25.0 Å². The molecule has 1 fully saturated rings. The third-order valence-electron chi connectivity index (χ3n) is 4.03. The summed E-state index contributed by atoms with van der Waals surface area (Å²) in [6.07, 6.45) is -3.71. The van der Waals surface area contributed by atoms with Crippen LogP contribution in [0.1, 0.15) is 32.3 Å². The van der Waals surface area contributed by atoms with Crippen molar-refractivity contribution in [3.8, 4) is 0 Å². The molecule has 1 aromatic rings. The van der Waals surface area contributed by atoms with E-state index in [1.54, 1.807) is 18.7 Å². The number of nitrogens with zero attached hydrogens (tertiary/aromatic N) is 1. The van der Waals surface area contributed by atoms with Crippen LogP contribution in [0.15, 0.2) is 29.2 Å². The van der Waals surface area contributed by atoms with Crippen molar-refractivity contribution in [1.82, 2.24) is 9.62 Å². The van der Waals surface area contributed by atoms with Crippen molar-refractivity contribution in [2.75, 3.05) is 13.1 Å². The number of nitrogens with one attached hydrogen (secondary N) is 1. The van der Waals surface area contributed by atoms with Crippen LogP contribution < -0.4 is 4.72 Å². The summed E-state index contributed by atoms with van der Waals surface area (Å²) < 4.78 is 66.5. The molecule has 1 aliphatic rings. The molecule has 2 rings (SSSR count). The normalized spacial score (nSPS) is 19.3. The molecule has 9 heteroatoms. The van der Waals surface area contributed by atoms with Crippen LogP contribution in [0.25, 0.3) is 0 Å². The van der Waals surface area contributed by atoms with Crippen LogP contribution in [0.4, 0.5) is 13.2 Å². The van der Waals surface area contributed by atoms with Crippen LogP contribution in [0.2, 0.25) is 0 Å². The number of piperidine rings is 1. The minimum absolute atomic E-state index is 0.0976. The van der Waals surface area contributed by atoms with Crippen LogP contribution in [0.3, 0.4) is 0 Å². The number of halogens is 3. The van der Waals surface area contributed by atoms with Gasteiger partial charge in [-0.3, -0.25) is 4.79 Å². The molecule has 0 saturated carbocycles. The number of benzene rings is 1. The fourth-order valence-corrected chi connectivity index (χ4v) is 4.35. The number of hydrogen-bond acceptors (Lipinski definition) is 3. The van der Waals surface area contributed by atoms with E-state index in [0.717, 1.165) is 18.2 Å². The molecule has 5 nitrogen and oxygen atoms in total. The molecule has 0 bridgehead atoms. The number of amides is 1. The van der Waals surface area contributed by atoms with E-state index >= 15 is 0 Å². The zero-order valence-corrected chi connectivity index (χ0v) is 14.8. The highest BCUT2D eigenvalue weighted by Crippen LogP contribution is 2.34. The fraction of sp³-hybridized carbons (Fsp3) is 0.562. The van der Waals surface area contributed by atoms with E-state index in [9.17, 15) is 26.4 Å². The van der Waals surface area contributed by atoms with Crippen molar-refractivity contribution in [1.29, 1.82) is 0 Å². The van der Waals surface area contributed by atoms with E-state index in [-0.39, 0.29) is 18.4 Å². The number of rotatable bonds is 4. The maximum atomic E-state index is 13.1. The predicted molar refractivity (Wildman–Crippen MR) is 86.2 cm³/mol. The predicted octanol–water partition coefficient (Wildman–Crippen LogP) is 2.63. The zero-order valence-electron chi connectivity index (χ0n) is 14.0. The molecule has 0 spiro atoms. The largest absolute Gasteiger partial charge is 0.417 e. The number of carbonyl (C=O) groups excluding carboxylic acids is 1. The van der Waals surface area contributed by atoms with Crippen molar-refractivity contribution < 1.29 is 26.4 Å². The van der Waals surface area contributed by atoms with E-state index < -0.39 is 32.7 Å². The SMILES string of the molecule is CC(C)C(=O)N1CCC[C@H](NS(=O)(=O)c2ccccc2C(F)(F)F)C1. The molecule has 0 aliphatic carbocycles. The fourth-order valence-electron chi connectivity index (χ4n) is 2.86. The molecule has 1 aliphatic heterocycles. The Hall–Kier alpha value is -1.61. The molecule has 140 valence electrons. The van der Waals surface area contributed by atoms with E-state index in [0.29, 0.717) is 19.4 Å². The Kier molecular flexibility index (Phi) is 5.78. The van der Waals surface area contributed by atoms with Gasteiger partial charge in [-0.15, -0.1) is 0 Å². The van der Waals surface area contributed by atoms with Gasteiger partial charge in [0.05, 0.1) is 10.5 Å². The van der Waals surface area contributed by atoms with Gasteiger partial charge in [-0.2, -0.15) is 13.2 Å². The number of carbonyl (C=O) groups is 1. The lowest BCUT2D eigenvalue weighted by atomic mass is 10.0. The number of sulfonamides is 1. The maximum absolute atomic E-state index is 13.1. The van der Waals surface area contributed by atoms with E-state index in [2.05, 4.69) is 4.72 Å². The van der Waals surface area contributed by atoms with E-state index in [1.807, 2.05) is 0 Å². The minimum atomic E-state index is -4.77. The van der Waals surface area contributed by atoms with Gasteiger partial charge in [0.2, 0.25) is 15.9 Å². The first-order valence-corrected chi connectivity index (χ1v) is 9.48. The van der Waals surface area contributed by atoms with Crippen molar-refractivity contribution in [2.45, 2.75) is 43.8 Å². The molecule has 25 heavy (non-hydrogen) atoms. The Bertz CT molecular complexity index is 732. The lowest BCUT2D eigenvalue weighted by Gasteiger charge is -2.34. The average molecular weight is 378 g/mol. The second-order valence-corrected chi connectivity index (χ2v) is 8.08. The lowest BCUT2D eigenvalue weighted by molar-refractivity contribution is -0.140. The second-order valence-electron chi connectivity index (χ2n) is 6.39. The molecular formula is C16H21F3N2O3S. The quantitative estimate of drug-likeness (QED) is 0.876. The first kappa shape index (κ1) is 19.7. The molecule has 1 N–H and O–H groups in total. The minimum Gasteiger partial charge on any atom is -0.341 e. The summed E-state index contributed by atoms with van der Waals surface area (Å²) in [4.78, 5) is 12.8. The van der Waals surface area contributed by atoms with Crippen LogP contribution >= 0.6 is 0 Å². The van der Waals surface area contributed by atoms with E-state index in [1.165, 1.54) is 6.07 Å². The lowest BCUT2D eigenvalue weighted by Crippen LogP contribution is -2.50. The third kappa shape index (κ3) is 4.72. The summed E-state index contributed by atoms with van der Waals surface area (Å²) in [5.41, 5.74) is -1.20. The number of likely N-dealkylation sites (tertiary alicyclic amines) is 1. The van der Waals surface area contributed by atoms with Crippen molar-refractivity contribution >= 4 is 15.9 Å². The van der Waals surface area contributed by atoms with E-state index in [4.69, 9.17) is 0 Å². The van der Waals surface area contributed by atoms with Crippen LogP contribution in [-0.4, -0.2) is 38.4 Å². The van der Waals surface area contributed by atoms with Crippen molar-refractivity contribution in [2.24, 2.45) is 5.92 Å². The van der Waals surface area contributed by atoms with Gasteiger partial charge < -0.3 is 4.90 Å². The molecule has 1 heterocycles. The molecule has 0 aromatic heterocycles. The summed E-state index contributed by atoms with van der Waals surface area (Å²) in [6, 6.07) is 3.46. The summed E-state index contributed by atoms with van der Waals surface area (Å²) in [5.74, 6) is -0.319. The van der Waals surface area contributed by atoms with Gasteiger partial charge in [0.25, 0.3) is 0 Å². The first-order valence-electron chi connectivity index (χ1n) is 7.99. The molecule has 0 unspecified atom stereocenters. The van der Waals surface area contributed by atoms with Gasteiger partial charge in [-0.1, -0.05) is 26.0 Å². The molecule has 1 amide bonds. The number of hydrogen-bond donors (Lipinski definition) is 1. The van der Waals surface area contributed by atoms with Crippen LogP contribution in [-0.2, 0) is 21.0 Å². The highest BCUT2D eigenvalue weighted by atomic mass is 32.2. The highest BCUT2D eigenvalue weighted by Gasteiger charge is 2.38. The summed E-state index contributed by atoms with van der Waals surface area (Å²) in [6.45, 7) is 4.17. The summed E-state index contributed by atoms with van der Waals surface area (Å²) >= 11 is 0. The van der Waals surface area contributed by atoms with Gasteiger partial charge in [-0.05, 0) is 25.0 Å². The Labute approximate surface area is 145 Å². The zero-order chi connectivity index (χ0) is 18.8. The summed E-state index contributed by atoms with van der Waals surface area (Å²) in [5, 5.41) is 0. The topological polar surface area (TPSA) is 66.5 Å². The second kappa shape index (κ2) is 7.33. The van der Waals surface area contributed by atoms with Crippen LogP contribution in [0.5, 0.6) is 0 Å². The third-order valence-corrected chi connectivity index (χ3v) is 5.61. The number of alkyl halides is 3. The molecular weight excluding hydrogens is 357 g/mol. The standard InChI is InChI=1S/C16H21F3N2O3S/c1-11(2)15(22)21-9-5-6-12(10-21)20-25(23,24)14-8-4-3-7-13(14)16(17,18)19/h3-4,7-8,11-12,20H,5-6,9-10H2,1-2H3/t12-/m0/s1. The van der Waals surface area contributed by atoms with Gasteiger partial charge in [0.15, 0.2) is 0 Å². The molecule has 0 radical (unpaired) electrons. The maximum Gasteiger partial charge on any atom is 0.417 e. The first-order chi connectivity index (χ1) is 11.5. The smallest absolute Gasteiger partial charge is 0.341 e. The summed E-state index contributed by atoms with van der Waals surface area (Å²) in [7, 11) is -4.35. The molecule has 1 atom stereocenters. The van der Waals surface area contributed by atoms with Gasteiger partial charge in [0.1, 0.15) is 0 Å². The molecule has 1 aromatic carbocycles. The highest BCUT2D eigenvalue weighted by molar-refractivity contribution is 7.89. The Morgan fingerprint density at radius 2 is 1.92 bits per heavy atom. The Morgan fingerprint density at radius 3 is 2.52 bits per heavy atom. The van der Waals surface area contributed by atoms with Crippen molar-refractivity contribution in [3.63, 3.8) is 0 Å². The van der Waals surface area contributed by atoms with Gasteiger partial charge >= 0.3 is 6.18 Å².